The number of carbonyl (C=O) groups is 1. The van der Waals surface area contributed by atoms with Gasteiger partial charge in [0.05, 0.1) is 12.2 Å². The van der Waals surface area contributed by atoms with Gasteiger partial charge in [0.2, 0.25) is 0 Å². The van der Waals surface area contributed by atoms with Gasteiger partial charge in [0.15, 0.2) is 17.5 Å². The highest BCUT2D eigenvalue weighted by Crippen LogP contribution is 2.21. The van der Waals surface area contributed by atoms with Crippen molar-refractivity contribution in [2.45, 2.75) is 6.54 Å². The summed E-state index contributed by atoms with van der Waals surface area (Å²) >= 11 is 0. The fraction of sp³-hybridized carbons (Fsp3) is 0.320. The Morgan fingerprint density at radius 3 is 2.47 bits per heavy atom. The third kappa shape index (κ3) is 6.49. The Balaban J connectivity index is 1.38. The van der Waals surface area contributed by atoms with Gasteiger partial charge in [0.1, 0.15) is 6.61 Å². The van der Waals surface area contributed by atoms with Gasteiger partial charge in [-0.05, 0) is 42.9 Å². The predicted octanol–water partition coefficient (Wildman–Crippen LogP) is 3.17. The topological polar surface area (TPSA) is 79.7 Å². The van der Waals surface area contributed by atoms with Crippen LogP contribution in [0.2, 0.25) is 0 Å². The van der Waals surface area contributed by atoms with Gasteiger partial charge in [0.25, 0.3) is 5.56 Å². The molecule has 1 N–H and O–H groups in total. The van der Waals surface area contributed by atoms with Crippen LogP contribution in [0.5, 0.6) is 0 Å². The highest BCUT2D eigenvalue weighted by atomic mass is 19.2. The van der Waals surface area contributed by atoms with Crippen LogP contribution >= 0.6 is 0 Å². The molecule has 190 valence electrons. The zero-order valence-corrected chi connectivity index (χ0v) is 19.7. The minimum Gasteiger partial charge on any atom is -0.448 e. The summed E-state index contributed by atoms with van der Waals surface area (Å²) in [6, 6.07) is 10.9. The molecule has 0 aliphatic carbocycles. The van der Waals surface area contributed by atoms with Crippen LogP contribution in [0.25, 0.3) is 11.3 Å². The lowest BCUT2D eigenvalue weighted by atomic mass is 10.1. The predicted molar refractivity (Wildman–Crippen MR) is 128 cm³/mol. The average molecular weight is 502 g/mol. The molecule has 2 aromatic carbocycles. The molecular weight excluding hydrogens is 475 g/mol. The fourth-order valence-corrected chi connectivity index (χ4v) is 3.83. The molecule has 36 heavy (non-hydrogen) atoms. The quantitative estimate of drug-likeness (QED) is 0.501. The lowest BCUT2D eigenvalue weighted by Gasteiger charge is -2.31. The molecule has 11 heteroatoms. The van der Waals surface area contributed by atoms with Crippen LogP contribution < -0.4 is 10.9 Å². The van der Waals surface area contributed by atoms with Gasteiger partial charge in [-0.2, -0.15) is 5.10 Å². The summed E-state index contributed by atoms with van der Waals surface area (Å²) < 4.78 is 46.9. The number of rotatable bonds is 7. The van der Waals surface area contributed by atoms with E-state index in [1.807, 2.05) is 0 Å². The van der Waals surface area contributed by atoms with E-state index >= 15 is 0 Å². The average Bonchev–Trinajstić information content (AvgIpc) is 2.85. The first kappa shape index (κ1) is 25.4. The number of nitrogens with zero attached hydrogens (tertiary/aromatic N) is 4. The first-order valence-corrected chi connectivity index (χ1v) is 11.5. The second kappa shape index (κ2) is 11.4. The molecule has 8 nitrogen and oxygen atoms in total. The van der Waals surface area contributed by atoms with Crippen molar-refractivity contribution < 1.29 is 22.7 Å². The second-order valence-corrected chi connectivity index (χ2v) is 8.57. The van der Waals surface area contributed by atoms with Crippen molar-refractivity contribution >= 4 is 11.8 Å². The Morgan fingerprint density at radius 2 is 1.75 bits per heavy atom. The van der Waals surface area contributed by atoms with Crippen LogP contribution in [0.4, 0.5) is 23.7 Å². The number of aromatic nitrogens is 2. The molecule has 3 aromatic rings. The van der Waals surface area contributed by atoms with E-state index in [0.29, 0.717) is 17.8 Å². The number of piperazine rings is 1. The number of amides is 1. The molecule has 0 bridgehead atoms. The highest BCUT2D eigenvalue weighted by Gasteiger charge is 2.15. The minimum absolute atomic E-state index is 0.00473. The molecule has 1 amide bonds. The van der Waals surface area contributed by atoms with E-state index in [-0.39, 0.29) is 24.4 Å². The molecule has 0 radical (unpaired) electrons. The molecule has 4 rings (SSSR count). The zero-order valence-electron chi connectivity index (χ0n) is 19.7. The monoisotopic (exact) mass is 501 g/mol. The van der Waals surface area contributed by atoms with E-state index in [1.54, 1.807) is 24.3 Å². The maximum Gasteiger partial charge on any atom is 0.411 e. The van der Waals surface area contributed by atoms with Crippen molar-refractivity contribution in [3.63, 3.8) is 0 Å². The standard InChI is InChI=1S/C25H26F3N5O3/c1-31-7-9-32(10-8-31)11-12-36-25(35)29-19-4-2-3-17(13-19)16-33-23(34)6-5-22(30-33)18-14-20(26)24(28)21(27)15-18/h2-6,13-15H,7-12,16H2,1H3,(H,29,35). The molecule has 0 atom stereocenters. The van der Waals surface area contributed by atoms with Crippen LogP contribution in [0.15, 0.2) is 53.3 Å². The third-order valence-corrected chi connectivity index (χ3v) is 5.89. The molecule has 1 aromatic heterocycles. The molecule has 2 heterocycles. The van der Waals surface area contributed by atoms with Crippen molar-refractivity contribution in [1.82, 2.24) is 19.6 Å². The number of anilines is 1. The van der Waals surface area contributed by atoms with Crippen LogP contribution in [0.1, 0.15) is 5.56 Å². The molecule has 0 saturated carbocycles. The van der Waals surface area contributed by atoms with Crippen molar-refractivity contribution in [2.24, 2.45) is 0 Å². The van der Waals surface area contributed by atoms with Gasteiger partial charge >= 0.3 is 6.09 Å². The Kier molecular flexibility index (Phi) is 8.01. The Morgan fingerprint density at radius 1 is 1.03 bits per heavy atom. The van der Waals surface area contributed by atoms with Gasteiger partial charge in [-0.3, -0.25) is 15.0 Å². The molecule has 1 aliphatic rings. The van der Waals surface area contributed by atoms with E-state index < -0.39 is 29.1 Å². The molecule has 1 saturated heterocycles. The number of ether oxygens (including phenoxy) is 1. The lowest BCUT2D eigenvalue weighted by Crippen LogP contribution is -2.45. The summed E-state index contributed by atoms with van der Waals surface area (Å²) in [5, 5.41) is 6.83. The van der Waals surface area contributed by atoms with E-state index in [0.717, 1.165) is 43.0 Å². The minimum atomic E-state index is -1.57. The Bertz CT molecular complexity index is 1270. The van der Waals surface area contributed by atoms with Crippen molar-refractivity contribution in [1.29, 1.82) is 0 Å². The smallest absolute Gasteiger partial charge is 0.411 e. The van der Waals surface area contributed by atoms with Gasteiger partial charge in [-0.1, -0.05) is 12.1 Å². The van der Waals surface area contributed by atoms with E-state index in [1.165, 1.54) is 12.1 Å². The van der Waals surface area contributed by atoms with Gasteiger partial charge in [0, 0.05) is 50.0 Å². The largest absolute Gasteiger partial charge is 0.448 e. The SMILES string of the molecule is CN1CCN(CCOC(=O)Nc2cccc(Cn3nc(-c4cc(F)c(F)c(F)c4)ccc3=O)c2)CC1. The number of carbonyl (C=O) groups excluding carboxylic acids is 1. The molecular formula is C25H26F3N5O3. The third-order valence-electron chi connectivity index (χ3n) is 5.89. The van der Waals surface area contributed by atoms with E-state index in [9.17, 15) is 22.8 Å². The van der Waals surface area contributed by atoms with Crippen LogP contribution in [0.3, 0.4) is 0 Å². The van der Waals surface area contributed by atoms with E-state index in [4.69, 9.17) is 4.74 Å². The zero-order chi connectivity index (χ0) is 25.7. The van der Waals surface area contributed by atoms with Crippen LogP contribution in [-0.4, -0.2) is 72.1 Å². The molecule has 0 spiro atoms. The summed E-state index contributed by atoms with van der Waals surface area (Å²) in [7, 11) is 2.08. The summed E-state index contributed by atoms with van der Waals surface area (Å²) in [5.74, 6) is -4.27. The second-order valence-electron chi connectivity index (χ2n) is 8.57. The number of likely N-dealkylation sites (N-methyl/N-ethyl adjacent to an activating group) is 1. The van der Waals surface area contributed by atoms with Crippen molar-refractivity contribution in [3.05, 3.63) is 81.9 Å². The first-order chi connectivity index (χ1) is 17.3. The first-order valence-electron chi connectivity index (χ1n) is 11.5. The fourth-order valence-electron chi connectivity index (χ4n) is 3.83. The molecule has 0 unspecified atom stereocenters. The number of nitrogens with one attached hydrogen (secondary N) is 1. The maximum absolute atomic E-state index is 13.6. The maximum atomic E-state index is 13.6. The molecule has 1 fully saturated rings. The summed E-state index contributed by atoms with van der Waals surface area (Å²) in [6.07, 6.45) is -0.584. The van der Waals surface area contributed by atoms with Gasteiger partial charge < -0.3 is 9.64 Å². The highest BCUT2D eigenvalue weighted by molar-refractivity contribution is 5.84. The van der Waals surface area contributed by atoms with Gasteiger partial charge in [-0.25, -0.2) is 22.6 Å². The summed E-state index contributed by atoms with van der Waals surface area (Å²) in [4.78, 5) is 29.0. The van der Waals surface area contributed by atoms with Gasteiger partial charge in [-0.15, -0.1) is 0 Å². The summed E-state index contributed by atoms with van der Waals surface area (Å²) in [5.41, 5.74) is 0.779. The normalized spacial score (nSPS) is 14.6. The van der Waals surface area contributed by atoms with Crippen LogP contribution in [0, 0.1) is 17.5 Å². The van der Waals surface area contributed by atoms with E-state index in [2.05, 4.69) is 27.3 Å². The Hall–Kier alpha value is -3.70. The summed E-state index contributed by atoms with van der Waals surface area (Å²) in [6.45, 7) is 4.80. The Labute approximate surface area is 205 Å². The lowest BCUT2D eigenvalue weighted by molar-refractivity contribution is 0.111. The number of hydrogen-bond acceptors (Lipinski definition) is 6. The number of halogens is 3. The molecule has 1 aliphatic heterocycles. The van der Waals surface area contributed by atoms with Crippen molar-refractivity contribution in [3.8, 4) is 11.3 Å². The number of hydrogen-bond donors (Lipinski definition) is 1. The van der Waals surface area contributed by atoms with Crippen molar-refractivity contribution in [2.75, 3.05) is 51.7 Å². The van der Waals surface area contributed by atoms with Crippen LogP contribution in [-0.2, 0) is 11.3 Å². The number of benzene rings is 2.